The lowest BCUT2D eigenvalue weighted by molar-refractivity contribution is 0.152. The summed E-state index contributed by atoms with van der Waals surface area (Å²) < 4.78 is 30.8. The summed E-state index contributed by atoms with van der Waals surface area (Å²) in [5.41, 5.74) is 2.20. The first kappa shape index (κ1) is 13.1. The lowest BCUT2D eigenvalue weighted by atomic mass is 10.1. The smallest absolute Gasteiger partial charge is 0.427 e. The highest BCUT2D eigenvalue weighted by atomic mass is 19.1. The number of amides is 1. The van der Waals surface area contributed by atoms with E-state index < -0.39 is 17.7 Å². The molecule has 4 nitrogen and oxygen atoms in total. The Morgan fingerprint density at radius 2 is 2.18 bits per heavy atom. The number of hydrogen-bond donors (Lipinski definition) is 1. The summed E-state index contributed by atoms with van der Waals surface area (Å²) in [6, 6.07) is 3.00. The zero-order valence-corrected chi connectivity index (χ0v) is 9.46. The van der Waals surface area contributed by atoms with Crippen LogP contribution < -0.4 is 5.43 Å². The van der Waals surface area contributed by atoms with Gasteiger partial charge in [-0.2, -0.15) is 5.10 Å². The third-order valence-electron chi connectivity index (χ3n) is 1.91. The van der Waals surface area contributed by atoms with Crippen LogP contribution in [0, 0.1) is 11.6 Å². The minimum absolute atomic E-state index is 0.0122. The van der Waals surface area contributed by atoms with E-state index in [-0.39, 0.29) is 17.9 Å². The minimum atomic E-state index is -0.747. The number of hydrazone groups is 1. The predicted molar refractivity (Wildman–Crippen MR) is 58.7 cm³/mol. The first-order valence-electron chi connectivity index (χ1n) is 4.97. The summed E-state index contributed by atoms with van der Waals surface area (Å²) in [7, 11) is 0. The molecule has 0 aliphatic carbocycles. The standard InChI is InChI=1S/C11H12F2N2O2/c1-3-17-11(16)15-14-7(2)9-6-8(12)4-5-10(9)13/h4-6H,3H2,1-2H3,(H,15,16)/b14-7-. The Morgan fingerprint density at radius 1 is 1.47 bits per heavy atom. The third-order valence-corrected chi connectivity index (χ3v) is 1.91. The Kier molecular flexibility index (Phi) is 4.56. The molecule has 0 aliphatic rings. The summed E-state index contributed by atoms with van der Waals surface area (Å²) in [5, 5.41) is 3.60. The maximum Gasteiger partial charge on any atom is 0.427 e. The van der Waals surface area contributed by atoms with Gasteiger partial charge in [0.25, 0.3) is 0 Å². The van der Waals surface area contributed by atoms with Crippen molar-refractivity contribution < 1.29 is 18.3 Å². The van der Waals surface area contributed by atoms with Crippen molar-refractivity contribution in [3.8, 4) is 0 Å². The van der Waals surface area contributed by atoms with Crippen molar-refractivity contribution in [3.05, 3.63) is 35.4 Å². The van der Waals surface area contributed by atoms with Crippen molar-refractivity contribution in [2.45, 2.75) is 13.8 Å². The molecule has 0 aromatic heterocycles. The van der Waals surface area contributed by atoms with Crippen molar-refractivity contribution >= 4 is 11.8 Å². The molecule has 6 heteroatoms. The molecular weight excluding hydrogens is 230 g/mol. The molecular formula is C11H12F2N2O2. The largest absolute Gasteiger partial charge is 0.449 e. The SMILES string of the molecule is CCOC(=O)N/N=C(/C)c1cc(F)ccc1F. The number of nitrogens with zero attached hydrogens (tertiary/aromatic N) is 1. The zero-order chi connectivity index (χ0) is 12.8. The highest BCUT2D eigenvalue weighted by molar-refractivity contribution is 5.99. The Morgan fingerprint density at radius 3 is 2.82 bits per heavy atom. The highest BCUT2D eigenvalue weighted by Gasteiger charge is 2.07. The number of nitrogens with one attached hydrogen (secondary N) is 1. The summed E-state index contributed by atoms with van der Waals surface area (Å²) in [5.74, 6) is -1.19. The van der Waals surface area contributed by atoms with Gasteiger partial charge in [0, 0.05) is 5.56 Å². The molecule has 0 heterocycles. The van der Waals surface area contributed by atoms with Crippen LogP contribution in [0.1, 0.15) is 19.4 Å². The molecule has 0 unspecified atom stereocenters. The average molecular weight is 242 g/mol. The van der Waals surface area contributed by atoms with Gasteiger partial charge in [0.05, 0.1) is 12.3 Å². The summed E-state index contributed by atoms with van der Waals surface area (Å²) in [4.78, 5) is 10.9. The van der Waals surface area contributed by atoms with E-state index in [2.05, 4.69) is 15.3 Å². The molecule has 0 saturated carbocycles. The quantitative estimate of drug-likeness (QED) is 0.653. The van der Waals surface area contributed by atoms with Gasteiger partial charge in [0.15, 0.2) is 0 Å². The maximum atomic E-state index is 13.3. The number of carbonyl (C=O) groups is 1. The van der Waals surface area contributed by atoms with Crippen LogP contribution in [0.25, 0.3) is 0 Å². The van der Waals surface area contributed by atoms with E-state index in [0.29, 0.717) is 0 Å². The van der Waals surface area contributed by atoms with Crippen LogP contribution in [0.5, 0.6) is 0 Å². The Bertz CT molecular complexity index is 447. The van der Waals surface area contributed by atoms with Crippen molar-refractivity contribution in [2.75, 3.05) is 6.61 Å². The second kappa shape index (κ2) is 5.93. The monoisotopic (exact) mass is 242 g/mol. The van der Waals surface area contributed by atoms with E-state index in [1.165, 1.54) is 6.92 Å². The topological polar surface area (TPSA) is 50.7 Å². The molecule has 17 heavy (non-hydrogen) atoms. The number of benzene rings is 1. The summed E-state index contributed by atoms with van der Waals surface area (Å²) in [6.07, 6.45) is -0.747. The fourth-order valence-corrected chi connectivity index (χ4v) is 1.13. The Balaban J connectivity index is 2.81. The second-order valence-electron chi connectivity index (χ2n) is 3.15. The van der Waals surface area contributed by atoms with Crippen molar-refractivity contribution in [1.29, 1.82) is 0 Å². The molecule has 0 spiro atoms. The molecule has 1 N–H and O–H groups in total. The van der Waals surface area contributed by atoms with Crippen LogP contribution >= 0.6 is 0 Å². The number of rotatable bonds is 3. The van der Waals surface area contributed by atoms with Crippen molar-refractivity contribution in [1.82, 2.24) is 5.43 Å². The van der Waals surface area contributed by atoms with Gasteiger partial charge in [0.2, 0.25) is 0 Å². The maximum absolute atomic E-state index is 13.3. The van der Waals surface area contributed by atoms with Crippen LogP contribution in [-0.4, -0.2) is 18.4 Å². The predicted octanol–water partition coefficient (Wildman–Crippen LogP) is 2.43. The molecule has 0 radical (unpaired) electrons. The summed E-state index contributed by atoms with van der Waals surface area (Å²) >= 11 is 0. The lowest BCUT2D eigenvalue weighted by Crippen LogP contribution is -2.20. The van der Waals surface area contributed by atoms with Crippen LogP contribution in [0.4, 0.5) is 13.6 Å². The third kappa shape index (κ3) is 3.82. The Labute approximate surface area is 97.3 Å². The van der Waals surface area contributed by atoms with Gasteiger partial charge in [-0.3, -0.25) is 0 Å². The van der Waals surface area contributed by atoms with E-state index in [1.54, 1.807) is 6.92 Å². The van der Waals surface area contributed by atoms with E-state index >= 15 is 0 Å². The second-order valence-corrected chi connectivity index (χ2v) is 3.15. The minimum Gasteiger partial charge on any atom is -0.449 e. The zero-order valence-electron chi connectivity index (χ0n) is 9.46. The fourth-order valence-electron chi connectivity index (χ4n) is 1.13. The van der Waals surface area contributed by atoms with Crippen LogP contribution in [0.3, 0.4) is 0 Å². The van der Waals surface area contributed by atoms with E-state index in [4.69, 9.17) is 0 Å². The van der Waals surface area contributed by atoms with Gasteiger partial charge >= 0.3 is 6.09 Å². The van der Waals surface area contributed by atoms with E-state index in [0.717, 1.165) is 18.2 Å². The molecule has 0 aliphatic heterocycles. The number of carbonyl (C=O) groups excluding carboxylic acids is 1. The van der Waals surface area contributed by atoms with Crippen molar-refractivity contribution in [2.24, 2.45) is 5.10 Å². The van der Waals surface area contributed by atoms with Gasteiger partial charge < -0.3 is 4.74 Å². The molecule has 92 valence electrons. The van der Waals surface area contributed by atoms with Gasteiger partial charge in [-0.15, -0.1) is 0 Å². The van der Waals surface area contributed by atoms with Crippen molar-refractivity contribution in [3.63, 3.8) is 0 Å². The van der Waals surface area contributed by atoms with Crippen LogP contribution in [-0.2, 0) is 4.74 Å². The van der Waals surface area contributed by atoms with Gasteiger partial charge in [-0.1, -0.05) is 0 Å². The number of ether oxygens (including phenoxy) is 1. The molecule has 0 saturated heterocycles. The average Bonchev–Trinajstić information content (AvgIpc) is 2.29. The van der Waals surface area contributed by atoms with Crippen LogP contribution in [0.2, 0.25) is 0 Å². The molecule has 0 atom stereocenters. The molecule has 0 fully saturated rings. The normalized spacial score (nSPS) is 11.2. The van der Waals surface area contributed by atoms with Crippen LogP contribution in [0.15, 0.2) is 23.3 Å². The molecule has 0 bridgehead atoms. The molecule has 1 rings (SSSR count). The van der Waals surface area contributed by atoms with Gasteiger partial charge in [0.1, 0.15) is 11.6 Å². The number of halogens is 2. The molecule has 1 amide bonds. The van der Waals surface area contributed by atoms with E-state index in [9.17, 15) is 13.6 Å². The Hall–Kier alpha value is -1.98. The fraction of sp³-hybridized carbons (Fsp3) is 0.273. The first-order chi connectivity index (χ1) is 8.04. The van der Waals surface area contributed by atoms with E-state index in [1.807, 2.05) is 0 Å². The molecule has 1 aromatic rings. The number of hydrogen-bond acceptors (Lipinski definition) is 3. The van der Waals surface area contributed by atoms with Gasteiger partial charge in [-0.05, 0) is 32.0 Å². The summed E-state index contributed by atoms with van der Waals surface area (Å²) in [6.45, 7) is 3.29. The molecule has 1 aromatic carbocycles. The lowest BCUT2D eigenvalue weighted by Gasteiger charge is -2.04. The van der Waals surface area contributed by atoms with Gasteiger partial charge in [-0.25, -0.2) is 19.0 Å². The first-order valence-corrected chi connectivity index (χ1v) is 4.97. The highest BCUT2D eigenvalue weighted by Crippen LogP contribution is 2.10.